The molecule has 0 aliphatic rings. The summed E-state index contributed by atoms with van der Waals surface area (Å²) in [7, 11) is 0. The van der Waals surface area contributed by atoms with Gasteiger partial charge in [-0.05, 0) is 37.1 Å². The molecule has 0 aliphatic heterocycles. The van der Waals surface area contributed by atoms with Crippen molar-refractivity contribution < 1.29 is 0 Å². The van der Waals surface area contributed by atoms with Crippen molar-refractivity contribution in [3.8, 4) is 0 Å². The number of nitrogens with one attached hydrogen (secondary N) is 1. The van der Waals surface area contributed by atoms with Crippen LogP contribution >= 0.6 is 0 Å². The van der Waals surface area contributed by atoms with Gasteiger partial charge < -0.3 is 10.3 Å². The summed E-state index contributed by atoms with van der Waals surface area (Å²) < 4.78 is 0. The van der Waals surface area contributed by atoms with Gasteiger partial charge in [-0.1, -0.05) is 127 Å². The van der Waals surface area contributed by atoms with Crippen LogP contribution in [-0.4, -0.2) is 13.1 Å². The van der Waals surface area contributed by atoms with Crippen LogP contribution in [-0.2, 0) is 0 Å². The van der Waals surface area contributed by atoms with E-state index in [1.54, 1.807) is 0 Å². The zero-order valence-corrected chi connectivity index (χ0v) is 21.6. The van der Waals surface area contributed by atoms with E-state index in [2.05, 4.69) is 61.6 Å². The summed E-state index contributed by atoms with van der Waals surface area (Å²) in [5, 5.41) is 5.30. The molecule has 0 unspecified atom stereocenters. The van der Waals surface area contributed by atoms with Crippen LogP contribution in [0.4, 0.5) is 11.4 Å². The van der Waals surface area contributed by atoms with Crippen molar-refractivity contribution in [2.45, 2.75) is 104 Å². The predicted octanol–water partition coefficient (Wildman–Crippen LogP) is 8.97. The summed E-state index contributed by atoms with van der Waals surface area (Å²) in [6, 6.07) is 20.6. The average Bonchev–Trinajstić information content (AvgIpc) is 2.86. The minimum Gasteiger partial charge on any atom is -0.385 e. The van der Waals surface area contributed by atoms with Crippen molar-refractivity contribution in [3.63, 3.8) is 0 Å². The minimum absolute atomic E-state index is 0.956. The van der Waals surface area contributed by atoms with Crippen LogP contribution in [0.3, 0.4) is 0 Å². The van der Waals surface area contributed by atoms with E-state index in [1.807, 2.05) is 23.2 Å². The fourth-order valence-electron chi connectivity index (χ4n) is 3.86. The number of hydrogen-bond donors (Lipinski definition) is 2. The molecule has 0 atom stereocenters. The first-order valence-electron chi connectivity index (χ1n) is 13.6. The Labute approximate surface area is 205 Å². The summed E-state index contributed by atoms with van der Waals surface area (Å²) in [5.74, 6) is 5.99. The molecule has 0 heterocycles. The van der Waals surface area contributed by atoms with Gasteiger partial charge in [-0.15, -0.1) is 0 Å². The normalized spacial score (nSPS) is 10.4. The average molecular weight is 454 g/mol. The van der Waals surface area contributed by atoms with Crippen molar-refractivity contribution >= 4 is 11.4 Å². The maximum absolute atomic E-state index is 5.99. The van der Waals surface area contributed by atoms with Gasteiger partial charge in [-0.25, -0.2) is 5.84 Å². The Balaban J connectivity index is 0.000000331. The van der Waals surface area contributed by atoms with Crippen molar-refractivity contribution in [2.75, 3.05) is 23.4 Å². The largest absolute Gasteiger partial charge is 0.385 e. The van der Waals surface area contributed by atoms with Gasteiger partial charge in [-0.3, -0.25) is 0 Å². The van der Waals surface area contributed by atoms with E-state index >= 15 is 0 Å². The Morgan fingerprint density at radius 3 is 1.58 bits per heavy atom. The number of anilines is 2. The fraction of sp³-hybridized carbons (Fsp3) is 0.600. The van der Waals surface area contributed by atoms with Crippen LogP contribution in [0.5, 0.6) is 0 Å². The number of benzene rings is 2. The first-order chi connectivity index (χ1) is 16.3. The molecule has 0 fully saturated rings. The number of nitrogens with zero attached hydrogens (tertiary/aromatic N) is 1. The zero-order valence-electron chi connectivity index (χ0n) is 21.6. The Morgan fingerprint density at radius 2 is 1.03 bits per heavy atom. The second kappa shape index (κ2) is 21.8. The molecule has 3 N–H and O–H groups in total. The molecule has 0 amide bonds. The molecule has 2 aromatic rings. The SMILES string of the molecule is CCCCCCCCCN(N)c1ccccc1.CCCCCCCCCNc1ccccc1. The molecule has 0 saturated heterocycles. The third-order valence-corrected chi connectivity index (χ3v) is 5.97. The minimum atomic E-state index is 0.956. The summed E-state index contributed by atoms with van der Waals surface area (Å²) >= 11 is 0. The lowest BCUT2D eigenvalue weighted by Gasteiger charge is -2.18. The molecule has 3 nitrogen and oxygen atoms in total. The Hall–Kier alpha value is -2.00. The third kappa shape index (κ3) is 17.2. The second-order valence-electron chi connectivity index (χ2n) is 9.06. The topological polar surface area (TPSA) is 41.3 Å². The van der Waals surface area contributed by atoms with Crippen LogP contribution in [0.25, 0.3) is 0 Å². The molecule has 0 saturated carbocycles. The van der Waals surface area contributed by atoms with Gasteiger partial charge in [0.1, 0.15) is 0 Å². The molecule has 0 aromatic heterocycles. The fourth-order valence-corrected chi connectivity index (χ4v) is 3.86. The second-order valence-corrected chi connectivity index (χ2v) is 9.06. The van der Waals surface area contributed by atoms with Gasteiger partial charge in [0, 0.05) is 18.8 Å². The molecule has 3 heteroatoms. The Kier molecular flexibility index (Phi) is 19.2. The smallest absolute Gasteiger partial charge is 0.0517 e. The summed E-state index contributed by atoms with van der Waals surface area (Å²) in [6.07, 6.45) is 19.0. The highest BCUT2D eigenvalue weighted by atomic mass is 15.4. The van der Waals surface area contributed by atoms with Gasteiger partial charge in [-0.2, -0.15) is 0 Å². The van der Waals surface area contributed by atoms with E-state index in [0.717, 1.165) is 18.8 Å². The molecule has 2 rings (SSSR count). The molecule has 0 spiro atoms. The molecule has 2 aromatic carbocycles. The monoisotopic (exact) mass is 453 g/mol. The lowest BCUT2D eigenvalue weighted by Crippen LogP contribution is -2.31. The van der Waals surface area contributed by atoms with Gasteiger partial charge in [0.25, 0.3) is 0 Å². The molecule has 33 heavy (non-hydrogen) atoms. The number of unbranched alkanes of at least 4 members (excludes halogenated alkanes) is 12. The first kappa shape index (κ1) is 29.0. The number of hydrogen-bond acceptors (Lipinski definition) is 3. The number of rotatable bonds is 18. The maximum atomic E-state index is 5.99. The molecular weight excluding hydrogens is 402 g/mol. The van der Waals surface area contributed by atoms with Crippen LogP contribution in [0, 0.1) is 0 Å². The highest BCUT2D eigenvalue weighted by molar-refractivity contribution is 5.44. The Bertz CT molecular complexity index is 630. The summed E-state index contributed by atoms with van der Waals surface area (Å²) in [4.78, 5) is 0. The number of para-hydroxylation sites is 2. The molecule has 0 bridgehead atoms. The lowest BCUT2D eigenvalue weighted by atomic mass is 10.1. The molecule has 186 valence electrons. The van der Waals surface area contributed by atoms with E-state index in [1.165, 1.54) is 95.6 Å². The Morgan fingerprint density at radius 1 is 0.576 bits per heavy atom. The standard InChI is InChI=1S/C15H26N2.C15H25N/c1-2-3-4-5-6-7-11-14-17(16)15-12-9-8-10-13-15;1-2-3-4-5-6-7-11-14-16-15-12-9-8-10-13-15/h8-10,12-13H,2-7,11,14,16H2,1H3;8-10,12-13,16H,2-7,11,14H2,1H3. The van der Waals surface area contributed by atoms with E-state index in [4.69, 9.17) is 5.84 Å². The van der Waals surface area contributed by atoms with E-state index in [0.29, 0.717) is 0 Å². The zero-order chi connectivity index (χ0) is 23.8. The van der Waals surface area contributed by atoms with E-state index in [9.17, 15) is 0 Å². The van der Waals surface area contributed by atoms with Crippen molar-refractivity contribution in [2.24, 2.45) is 5.84 Å². The summed E-state index contributed by atoms with van der Waals surface area (Å²) in [6.45, 7) is 6.59. The van der Waals surface area contributed by atoms with Gasteiger partial charge >= 0.3 is 0 Å². The highest BCUT2D eigenvalue weighted by Gasteiger charge is 1.99. The van der Waals surface area contributed by atoms with E-state index < -0.39 is 0 Å². The molecule has 0 aliphatic carbocycles. The van der Waals surface area contributed by atoms with Crippen LogP contribution in [0.2, 0.25) is 0 Å². The number of hydrazine groups is 1. The lowest BCUT2D eigenvalue weighted by molar-refractivity contribution is 0.585. The van der Waals surface area contributed by atoms with Crippen molar-refractivity contribution in [3.05, 3.63) is 60.7 Å². The van der Waals surface area contributed by atoms with Crippen molar-refractivity contribution in [1.82, 2.24) is 0 Å². The maximum Gasteiger partial charge on any atom is 0.0517 e. The predicted molar refractivity (Wildman–Crippen MR) is 149 cm³/mol. The molecular formula is C30H51N3. The van der Waals surface area contributed by atoms with Gasteiger partial charge in [0.15, 0.2) is 0 Å². The van der Waals surface area contributed by atoms with Crippen LogP contribution in [0.1, 0.15) is 104 Å². The third-order valence-electron chi connectivity index (χ3n) is 5.97. The van der Waals surface area contributed by atoms with Crippen LogP contribution in [0.15, 0.2) is 60.7 Å². The summed E-state index contributed by atoms with van der Waals surface area (Å²) in [5.41, 5.74) is 2.35. The number of nitrogens with two attached hydrogens (primary N) is 1. The molecule has 0 radical (unpaired) electrons. The van der Waals surface area contributed by atoms with Gasteiger partial charge in [0.05, 0.1) is 5.69 Å². The quantitative estimate of drug-likeness (QED) is 0.134. The first-order valence-corrected chi connectivity index (χ1v) is 13.6. The van der Waals surface area contributed by atoms with Crippen LogP contribution < -0.4 is 16.2 Å². The highest BCUT2D eigenvalue weighted by Crippen LogP contribution is 2.12. The van der Waals surface area contributed by atoms with Gasteiger partial charge in [0.2, 0.25) is 0 Å². The van der Waals surface area contributed by atoms with Crippen molar-refractivity contribution in [1.29, 1.82) is 0 Å². The van der Waals surface area contributed by atoms with E-state index in [-0.39, 0.29) is 0 Å².